The van der Waals surface area contributed by atoms with Crippen LogP contribution in [0, 0.1) is 0 Å². The summed E-state index contributed by atoms with van der Waals surface area (Å²) in [5.41, 5.74) is 1.47. The van der Waals surface area contributed by atoms with Gasteiger partial charge in [0.2, 0.25) is 5.79 Å². The molecule has 0 amide bonds. The highest BCUT2D eigenvalue weighted by molar-refractivity contribution is 5.40. The number of ether oxygens (including phenoxy) is 2. The molecule has 1 heterocycles. The third kappa shape index (κ3) is 4.91. The molecule has 6 N–H and O–H groups in total. The van der Waals surface area contributed by atoms with Crippen LogP contribution < -0.4 is 4.74 Å². The van der Waals surface area contributed by atoms with Gasteiger partial charge in [0.15, 0.2) is 0 Å². The zero-order chi connectivity index (χ0) is 23.6. The fourth-order valence-corrected chi connectivity index (χ4v) is 3.78. The Hall–Kier alpha value is -2.18. The highest BCUT2D eigenvalue weighted by Crippen LogP contribution is 2.39. The Kier molecular flexibility index (Phi) is 7.46. The normalized spacial score (nSPS) is 29.2. The second-order valence-corrected chi connectivity index (χ2v) is 7.79. The van der Waals surface area contributed by atoms with Gasteiger partial charge in [-0.05, 0) is 48.2 Å². The van der Waals surface area contributed by atoms with E-state index in [9.17, 15) is 39.4 Å². The zero-order valence-corrected chi connectivity index (χ0v) is 17.2. The number of benzene rings is 2. The second kappa shape index (κ2) is 9.75. The standard InChI is InChI=1S/C22H26F2O8/c1-11(26)19-17(27)18(28)20(29)22(30,32-19)16-9-13(10-25)2-5-14(16)8-12-3-6-15(7-4-12)31-21(23)24/h2-7,9,11,17-21,25-30H,8,10H2,1H3/t11-,17-,18-,19+,20+,22+/m0/s1. The predicted octanol–water partition coefficient (Wildman–Crippen LogP) is 0.378. The quantitative estimate of drug-likeness (QED) is 0.352. The van der Waals surface area contributed by atoms with Crippen LogP contribution in [0.2, 0.25) is 0 Å². The van der Waals surface area contributed by atoms with Crippen LogP contribution in [0.4, 0.5) is 8.78 Å². The van der Waals surface area contributed by atoms with Gasteiger partial charge in [-0.1, -0.05) is 24.3 Å². The second-order valence-electron chi connectivity index (χ2n) is 7.79. The Balaban J connectivity index is 2.00. The highest BCUT2D eigenvalue weighted by Gasteiger charge is 2.55. The molecule has 2 aromatic carbocycles. The minimum Gasteiger partial charge on any atom is -0.435 e. The number of rotatable bonds is 7. The van der Waals surface area contributed by atoms with Crippen LogP contribution in [0.25, 0.3) is 0 Å². The first-order chi connectivity index (χ1) is 15.1. The largest absolute Gasteiger partial charge is 0.435 e. The van der Waals surface area contributed by atoms with Crippen LogP contribution in [0.5, 0.6) is 5.75 Å². The third-order valence-corrected chi connectivity index (χ3v) is 5.49. The molecule has 8 nitrogen and oxygen atoms in total. The van der Waals surface area contributed by atoms with Crippen molar-refractivity contribution in [1.29, 1.82) is 0 Å². The van der Waals surface area contributed by atoms with Crippen LogP contribution in [0.3, 0.4) is 0 Å². The van der Waals surface area contributed by atoms with Crippen molar-refractivity contribution in [3.63, 3.8) is 0 Å². The lowest BCUT2D eigenvalue weighted by Crippen LogP contribution is -2.65. The maximum atomic E-state index is 12.4. The van der Waals surface area contributed by atoms with Crippen LogP contribution in [0.1, 0.15) is 29.2 Å². The maximum absolute atomic E-state index is 12.4. The zero-order valence-electron chi connectivity index (χ0n) is 17.2. The van der Waals surface area contributed by atoms with Gasteiger partial charge in [0.1, 0.15) is 30.2 Å². The van der Waals surface area contributed by atoms with Gasteiger partial charge in [-0.15, -0.1) is 0 Å². The summed E-state index contributed by atoms with van der Waals surface area (Å²) in [6, 6.07) is 10.3. The van der Waals surface area contributed by atoms with Gasteiger partial charge in [0, 0.05) is 5.56 Å². The average Bonchev–Trinajstić information content (AvgIpc) is 2.76. The molecule has 0 spiro atoms. The van der Waals surface area contributed by atoms with Gasteiger partial charge < -0.3 is 40.1 Å². The Morgan fingerprint density at radius 2 is 1.66 bits per heavy atom. The molecule has 10 heteroatoms. The van der Waals surface area contributed by atoms with Crippen molar-refractivity contribution in [2.45, 2.75) is 62.9 Å². The SMILES string of the molecule is C[C@H](O)[C@H]1O[C@](O)(c2cc(CO)ccc2Cc2ccc(OC(F)F)cc2)[C@H](O)[C@@H](O)[C@@H]1O. The summed E-state index contributed by atoms with van der Waals surface area (Å²) in [5.74, 6) is -2.54. The van der Waals surface area contributed by atoms with E-state index in [-0.39, 0.29) is 24.3 Å². The van der Waals surface area contributed by atoms with Crippen molar-refractivity contribution in [1.82, 2.24) is 0 Å². The first kappa shape index (κ1) is 24.5. The topological polar surface area (TPSA) is 140 Å². The summed E-state index contributed by atoms with van der Waals surface area (Å²) < 4.78 is 34.6. The summed E-state index contributed by atoms with van der Waals surface area (Å²) in [5, 5.41) is 61.8. The van der Waals surface area contributed by atoms with E-state index >= 15 is 0 Å². The van der Waals surface area contributed by atoms with Crippen LogP contribution in [-0.4, -0.2) is 67.8 Å². The number of halogens is 2. The molecule has 0 aromatic heterocycles. The lowest BCUT2D eigenvalue weighted by atomic mass is 9.83. The minimum atomic E-state index is -2.96. The predicted molar refractivity (Wildman–Crippen MR) is 107 cm³/mol. The van der Waals surface area contributed by atoms with Crippen LogP contribution >= 0.6 is 0 Å². The molecule has 0 radical (unpaired) electrons. The molecule has 2 aromatic rings. The van der Waals surface area contributed by atoms with E-state index < -0.39 is 42.9 Å². The van der Waals surface area contributed by atoms with Crippen molar-refractivity contribution < 1.29 is 48.9 Å². The van der Waals surface area contributed by atoms with Gasteiger partial charge in [-0.25, -0.2) is 0 Å². The molecule has 0 aliphatic carbocycles. The van der Waals surface area contributed by atoms with Gasteiger partial charge in [-0.2, -0.15) is 8.78 Å². The molecule has 0 bridgehead atoms. The van der Waals surface area contributed by atoms with E-state index in [1.54, 1.807) is 24.3 Å². The number of hydrogen-bond acceptors (Lipinski definition) is 8. The molecule has 1 aliphatic rings. The van der Waals surface area contributed by atoms with Crippen molar-refractivity contribution in [2.75, 3.05) is 0 Å². The Morgan fingerprint density at radius 3 is 2.22 bits per heavy atom. The third-order valence-electron chi connectivity index (χ3n) is 5.49. The molecule has 1 aliphatic heterocycles. The van der Waals surface area contributed by atoms with E-state index in [2.05, 4.69) is 4.74 Å². The highest BCUT2D eigenvalue weighted by atomic mass is 19.3. The van der Waals surface area contributed by atoms with Crippen LogP contribution in [0.15, 0.2) is 42.5 Å². The van der Waals surface area contributed by atoms with Gasteiger partial charge in [0.05, 0.1) is 12.7 Å². The van der Waals surface area contributed by atoms with Crippen molar-refractivity contribution in [2.24, 2.45) is 0 Å². The lowest BCUT2D eigenvalue weighted by Gasteiger charge is -2.47. The molecular formula is C22H26F2O8. The van der Waals surface area contributed by atoms with E-state index in [0.29, 0.717) is 16.7 Å². The summed E-state index contributed by atoms with van der Waals surface area (Å²) in [6.45, 7) is -2.04. The van der Waals surface area contributed by atoms with E-state index in [1.165, 1.54) is 25.1 Å². The van der Waals surface area contributed by atoms with Crippen molar-refractivity contribution >= 4 is 0 Å². The minimum absolute atomic E-state index is 0.0149. The number of aliphatic hydroxyl groups is 6. The smallest absolute Gasteiger partial charge is 0.387 e. The van der Waals surface area contributed by atoms with Crippen molar-refractivity contribution in [3.05, 3.63) is 64.7 Å². The Morgan fingerprint density at radius 1 is 1.03 bits per heavy atom. The molecular weight excluding hydrogens is 430 g/mol. The molecule has 0 unspecified atom stereocenters. The van der Waals surface area contributed by atoms with E-state index in [1.807, 2.05) is 0 Å². The molecule has 1 saturated heterocycles. The van der Waals surface area contributed by atoms with E-state index in [0.717, 1.165) is 0 Å². The number of hydrogen-bond donors (Lipinski definition) is 6. The fourth-order valence-electron chi connectivity index (χ4n) is 3.78. The molecule has 176 valence electrons. The van der Waals surface area contributed by atoms with Crippen molar-refractivity contribution in [3.8, 4) is 5.75 Å². The summed E-state index contributed by atoms with van der Waals surface area (Å²) in [6.07, 6.45) is -7.99. The van der Waals surface area contributed by atoms with Gasteiger partial charge in [0.25, 0.3) is 0 Å². The Bertz CT molecular complexity index is 907. The summed E-state index contributed by atoms with van der Waals surface area (Å²) in [7, 11) is 0. The summed E-state index contributed by atoms with van der Waals surface area (Å²) in [4.78, 5) is 0. The first-order valence-electron chi connectivity index (χ1n) is 9.96. The first-order valence-corrected chi connectivity index (χ1v) is 9.96. The molecule has 1 fully saturated rings. The maximum Gasteiger partial charge on any atom is 0.387 e. The number of aliphatic hydroxyl groups excluding tert-OH is 5. The van der Waals surface area contributed by atoms with E-state index in [4.69, 9.17) is 4.74 Å². The van der Waals surface area contributed by atoms with Crippen LogP contribution in [-0.2, 0) is 23.6 Å². The van der Waals surface area contributed by atoms with Gasteiger partial charge in [-0.3, -0.25) is 0 Å². The van der Waals surface area contributed by atoms with Gasteiger partial charge >= 0.3 is 6.61 Å². The fraction of sp³-hybridized carbons (Fsp3) is 0.455. The summed E-state index contributed by atoms with van der Waals surface area (Å²) >= 11 is 0. The molecule has 0 saturated carbocycles. The average molecular weight is 456 g/mol. The lowest BCUT2D eigenvalue weighted by molar-refractivity contribution is -0.364. The Labute approximate surface area is 182 Å². The molecule has 32 heavy (non-hydrogen) atoms. The monoisotopic (exact) mass is 456 g/mol. The number of alkyl halides is 2. The molecule has 3 rings (SSSR count). The molecule has 6 atom stereocenters.